The quantitative estimate of drug-likeness (QED) is 0.501. The maximum Gasteiger partial charge on any atom is 0.228 e. The number of carbonyl (C=O) groups is 1. The van der Waals surface area contributed by atoms with Crippen molar-refractivity contribution in [3.8, 4) is 11.5 Å². The van der Waals surface area contributed by atoms with Gasteiger partial charge in [-0.3, -0.25) is 4.79 Å². The van der Waals surface area contributed by atoms with E-state index in [0.29, 0.717) is 16.6 Å². The molecule has 0 aliphatic carbocycles. The fraction of sp³-hybridized carbons (Fsp3) is 0.0909. The Morgan fingerprint density at radius 3 is 2.78 bits per heavy atom. The van der Waals surface area contributed by atoms with Gasteiger partial charge in [-0.05, 0) is 60.5 Å². The van der Waals surface area contributed by atoms with Crippen LogP contribution in [0.25, 0.3) is 22.6 Å². The second kappa shape index (κ2) is 7.25. The molecule has 0 fully saturated rings. The SMILES string of the molecule is Cc1ccc2oc(-c3cccc(NC(=O)Cc4cccc(Cl)c4)c3)nc2c1. The number of halogens is 1. The third kappa shape index (κ3) is 4.01. The van der Waals surface area contributed by atoms with Crippen LogP contribution in [0.3, 0.4) is 0 Å². The lowest BCUT2D eigenvalue weighted by molar-refractivity contribution is -0.115. The van der Waals surface area contributed by atoms with E-state index in [2.05, 4.69) is 10.3 Å². The smallest absolute Gasteiger partial charge is 0.228 e. The molecule has 0 aliphatic heterocycles. The van der Waals surface area contributed by atoms with Crippen molar-refractivity contribution in [2.75, 3.05) is 5.32 Å². The molecule has 1 heterocycles. The summed E-state index contributed by atoms with van der Waals surface area (Å²) in [5, 5.41) is 3.53. The number of hydrogen-bond acceptors (Lipinski definition) is 3. The van der Waals surface area contributed by atoms with E-state index in [1.165, 1.54) is 0 Å². The third-order valence-electron chi connectivity index (χ3n) is 4.19. The molecule has 4 nitrogen and oxygen atoms in total. The van der Waals surface area contributed by atoms with Gasteiger partial charge in [0.2, 0.25) is 11.8 Å². The first-order valence-electron chi connectivity index (χ1n) is 8.59. The highest BCUT2D eigenvalue weighted by Crippen LogP contribution is 2.26. The predicted molar refractivity (Wildman–Crippen MR) is 108 cm³/mol. The molecular formula is C22H17ClN2O2. The van der Waals surface area contributed by atoms with E-state index in [4.69, 9.17) is 16.0 Å². The summed E-state index contributed by atoms with van der Waals surface area (Å²) in [5.41, 5.74) is 5.06. The zero-order valence-corrected chi connectivity index (χ0v) is 15.5. The molecule has 0 radical (unpaired) electrons. The van der Waals surface area contributed by atoms with Gasteiger partial charge in [-0.2, -0.15) is 0 Å². The van der Waals surface area contributed by atoms with E-state index in [1.54, 1.807) is 12.1 Å². The highest BCUT2D eigenvalue weighted by atomic mass is 35.5. The lowest BCUT2D eigenvalue weighted by Gasteiger charge is -2.06. The zero-order chi connectivity index (χ0) is 18.8. The van der Waals surface area contributed by atoms with Crippen LogP contribution in [0.15, 0.2) is 71.1 Å². The molecule has 0 saturated heterocycles. The van der Waals surface area contributed by atoms with Crippen LogP contribution in [-0.4, -0.2) is 10.9 Å². The van der Waals surface area contributed by atoms with Crippen molar-refractivity contribution in [2.45, 2.75) is 13.3 Å². The Hall–Kier alpha value is -3.11. The number of nitrogens with zero attached hydrogens (tertiary/aromatic N) is 1. The molecule has 4 rings (SSSR count). The van der Waals surface area contributed by atoms with E-state index in [9.17, 15) is 4.79 Å². The average Bonchev–Trinajstić information content (AvgIpc) is 3.05. The van der Waals surface area contributed by atoms with Gasteiger partial charge >= 0.3 is 0 Å². The van der Waals surface area contributed by atoms with Crippen LogP contribution in [0.5, 0.6) is 0 Å². The Morgan fingerprint density at radius 2 is 1.93 bits per heavy atom. The summed E-state index contributed by atoms with van der Waals surface area (Å²) < 4.78 is 5.84. The molecule has 0 atom stereocenters. The minimum absolute atomic E-state index is 0.109. The number of benzene rings is 3. The third-order valence-corrected chi connectivity index (χ3v) is 4.43. The van der Waals surface area contributed by atoms with Crippen molar-refractivity contribution in [3.63, 3.8) is 0 Å². The van der Waals surface area contributed by atoms with Crippen LogP contribution in [0.1, 0.15) is 11.1 Å². The van der Waals surface area contributed by atoms with Crippen LogP contribution >= 0.6 is 11.6 Å². The Morgan fingerprint density at radius 1 is 1.07 bits per heavy atom. The molecule has 0 spiro atoms. The van der Waals surface area contributed by atoms with Crippen molar-refractivity contribution in [3.05, 3.63) is 82.9 Å². The van der Waals surface area contributed by atoms with Gasteiger partial charge in [0.05, 0.1) is 6.42 Å². The Bertz CT molecular complexity index is 1130. The number of aryl methyl sites for hydroxylation is 1. The maximum absolute atomic E-state index is 12.3. The molecule has 0 unspecified atom stereocenters. The first-order valence-corrected chi connectivity index (χ1v) is 8.96. The first kappa shape index (κ1) is 17.3. The van der Waals surface area contributed by atoms with Crippen LogP contribution < -0.4 is 5.32 Å². The molecular weight excluding hydrogens is 360 g/mol. The maximum atomic E-state index is 12.3. The van der Waals surface area contributed by atoms with E-state index >= 15 is 0 Å². The first-order chi connectivity index (χ1) is 13.1. The van der Waals surface area contributed by atoms with Crippen molar-refractivity contribution in [1.29, 1.82) is 0 Å². The van der Waals surface area contributed by atoms with Crippen LogP contribution in [0.4, 0.5) is 5.69 Å². The predicted octanol–water partition coefficient (Wildman–Crippen LogP) is 5.64. The molecule has 3 aromatic carbocycles. The topological polar surface area (TPSA) is 55.1 Å². The number of oxazole rings is 1. The summed E-state index contributed by atoms with van der Waals surface area (Å²) in [7, 11) is 0. The monoisotopic (exact) mass is 376 g/mol. The molecule has 134 valence electrons. The number of anilines is 1. The van der Waals surface area contributed by atoms with Gasteiger partial charge in [0.15, 0.2) is 5.58 Å². The lowest BCUT2D eigenvalue weighted by Crippen LogP contribution is -2.14. The number of aromatic nitrogens is 1. The van der Waals surface area contributed by atoms with Gasteiger partial charge in [-0.15, -0.1) is 0 Å². The van der Waals surface area contributed by atoms with E-state index in [-0.39, 0.29) is 12.3 Å². The Balaban J connectivity index is 1.53. The van der Waals surface area contributed by atoms with Gasteiger partial charge in [-0.25, -0.2) is 4.98 Å². The van der Waals surface area contributed by atoms with E-state index in [1.807, 2.05) is 61.5 Å². The fourth-order valence-corrected chi connectivity index (χ4v) is 3.14. The number of hydrogen-bond donors (Lipinski definition) is 1. The van der Waals surface area contributed by atoms with Crippen LogP contribution in [-0.2, 0) is 11.2 Å². The normalized spacial score (nSPS) is 10.9. The molecule has 0 aliphatic rings. The Labute approximate surface area is 161 Å². The van der Waals surface area contributed by atoms with Gasteiger partial charge in [-0.1, -0.05) is 35.9 Å². The summed E-state index contributed by atoms with van der Waals surface area (Å²) in [6, 6.07) is 20.6. The molecule has 0 bridgehead atoms. The van der Waals surface area contributed by atoms with E-state index < -0.39 is 0 Å². The van der Waals surface area contributed by atoms with Crippen LogP contribution in [0.2, 0.25) is 5.02 Å². The minimum Gasteiger partial charge on any atom is -0.436 e. The summed E-state index contributed by atoms with van der Waals surface area (Å²) in [6.45, 7) is 2.02. The summed E-state index contributed by atoms with van der Waals surface area (Å²) in [4.78, 5) is 16.9. The average molecular weight is 377 g/mol. The second-order valence-electron chi connectivity index (χ2n) is 6.43. The molecule has 0 saturated carbocycles. The molecule has 1 N–H and O–H groups in total. The van der Waals surface area contributed by atoms with Gasteiger partial charge in [0.25, 0.3) is 0 Å². The number of fused-ring (bicyclic) bond motifs is 1. The summed E-state index contributed by atoms with van der Waals surface area (Å²) in [6.07, 6.45) is 0.257. The lowest BCUT2D eigenvalue weighted by atomic mass is 10.1. The molecule has 1 aromatic heterocycles. The zero-order valence-electron chi connectivity index (χ0n) is 14.7. The molecule has 1 amide bonds. The largest absolute Gasteiger partial charge is 0.436 e. The van der Waals surface area contributed by atoms with Crippen molar-refractivity contribution >= 4 is 34.3 Å². The number of nitrogens with one attached hydrogen (secondary N) is 1. The van der Waals surface area contributed by atoms with Crippen molar-refractivity contribution in [2.24, 2.45) is 0 Å². The molecule has 27 heavy (non-hydrogen) atoms. The van der Waals surface area contributed by atoms with Crippen molar-refractivity contribution < 1.29 is 9.21 Å². The standard InChI is InChI=1S/C22H17ClN2O2/c1-14-8-9-20-19(10-14)25-22(27-20)16-5-3-7-18(13-16)24-21(26)12-15-4-2-6-17(23)11-15/h2-11,13H,12H2,1H3,(H,24,26). The summed E-state index contributed by atoms with van der Waals surface area (Å²) in [5.74, 6) is 0.421. The van der Waals surface area contributed by atoms with Gasteiger partial charge < -0.3 is 9.73 Å². The highest BCUT2D eigenvalue weighted by molar-refractivity contribution is 6.30. The van der Waals surface area contributed by atoms with Gasteiger partial charge in [0, 0.05) is 16.3 Å². The van der Waals surface area contributed by atoms with Crippen molar-refractivity contribution in [1.82, 2.24) is 4.98 Å². The second-order valence-corrected chi connectivity index (χ2v) is 6.86. The number of carbonyl (C=O) groups excluding carboxylic acids is 1. The van der Waals surface area contributed by atoms with Gasteiger partial charge in [0.1, 0.15) is 5.52 Å². The van der Waals surface area contributed by atoms with Crippen LogP contribution in [0, 0.1) is 6.92 Å². The molecule has 5 heteroatoms. The number of amides is 1. The minimum atomic E-state index is -0.109. The highest BCUT2D eigenvalue weighted by Gasteiger charge is 2.10. The number of rotatable bonds is 4. The van der Waals surface area contributed by atoms with E-state index in [0.717, 1.165) is 27.8 Å². The molecule has 4 aromatic rings. The summed E-state index contributed by atoms with van der Waals surface area (Å²) >= 11 is 5.97. The Kier molecular flexibility index (Phi) is 4.65. The fourth-order valence-electron chi connectivity index (χ4n) is 2.93.